The van der Waals surface area contributed by atoms with Gasteiger partial charge in [-0.2, -0.15) is 0 Å². The molecule has 98 valence electrons. The average molecular weight is 259 g/mol. The molecule has 2 aromatic rings. The number of hydrogen-bond acceptors (Lipinski definition) is 5. The van der Waals surface area contributed by atoms with E-state index in [4.69, 9.17) is 9.84 Å². The van der Waals surface area contributed by atoms with Gasteiger partial charge in [0.1, 0.15) is 23.0 Å². The Kier molecular flexibility index (Phi) is 3.61. The lowest BCUT2D eigenvalue weighted by Gasteiger charge is -2.09. The Balaban J connectivity index is 2.31. The summed E-state index contributed by atoms with van der Waals surface area (Å²) >= 11 is 0. The van der Waals surface area contributed by atoms with Gasteiger partial charge in [-0.15, -0.1) is 0 Å². The first-order chi connectivity index (χ1) is 9.10. The van der Waals surface area contributed by atoms with Crippen molar-refractivity contribution in [3.63, 3.8) is 0 Å². The van der Waals surface area contributed by atoms with Gasteiger partial charge in [0, 0.05) is 11.9 Å². The maximum atomic E-state index is 11.1. The van der Waals surface area contributed by atoms with E-state index in [2.05, 4.69) is 15.3 Å². The van der Waals surface area contributed by atoms with Crippen molar-refractivity contribution in [3.8, 4) is 5.75 Å². The summed E-state index contributed by atoms with van der Waals surface area (Å²) in [4.78, 5) is 19.1. The van der Waals surface area contributed by atoms with Crippen LogP contribution >= 0.6 is 0 Å². The molecule has 19 heavy (non-hydrogen) atoms. The van der Waals surface area contributed by atoms with Gasteiger partial charge >= 0.3 is 5.97 Å². The van der Waals surface area contributed by atoms with E-state index >= 15 is 0 Å². The van der Waals surface area contributed by atoms with E-state index in [1.807, 2.05) is 0 Å². The van der Waals surface area contributed by atoms with Crippen LogP contribution in [0.2, 0.25) is 0 Å². The predicted molar refractivity (Wildman–Crippen MR) is 70.0 cm³/mol. The van der Waals surface area contributed by atoms with Crippen molar-refractivity contribution in [1.82, 2.24) is 9.97 Å². The fraction of sp³-hybridized carbons (Fsp3) is 0.154. The van der Waals surface area contributed by atoms with Crippen LogP contribution in [-0.4, -0.2) is 28.2 Å². The van der Waals surface area contributed by atoms with Crippen molar-refractivity contribution in [2.24, 2.45) is 0 Å². The smallest absolute Gasteiger partial charge is 0.341 e. The van der Waals surface area contributed by atoms with E-state index in [-0.39, 0.29) is 11.4 Å². The van der Waals surface area contributed by atoms with E-state index in [0.29, 0.717) is 5.82 Å². The summed E-state index contributed by atoms with van der Waals surface area (Å²) in [5.41, 5.74) is 0.753. The van der Waals surface area contributed by atoms with Gasteiger partial charge in [-0.25, -0.2) is 14.8 Å². The summed E-state index contributed by atoms with van der Waals surface area (Å²) in [6.07, 6.45) is 1.29. The molecular formula is C13H13N3O3. The number of benzene rings is 1. The molecule has 0 radical (unpaired) electrons. The van der Waals surface area contributed by atoms with E-state index in [1.54, 1.807) is 38.3 Å². The van der Waals surface area contributed by atoms with Gasteiger partial charge in [0.05, 0.1) is 7.11 Å². The molecule has 0 spiro atoms. The van der Waals surface area contributed by atoms with Crippen molar-refractivity contribution in [1.29, 1.82) is 0 Å². The van der Waals surface area contributed by atoms with Crippen LogP contribution in [0.4, 0.5) is 11.5 Å². The number of methoxy groups -OCH3 is 1. The van der Waals surface area contributed by atoms with Gasteiger partial charge in [0.25, 0.3) is 0 Å². The third-order valence-corrected chi connectivity index (χ3v) is 2.49. The molecule has 0 saturated carbocycles. The number of nitrogens with zero attached hydrogens (tertiary/aromatic N) is 2. The first-order valence-corrected chi connectivity index (χ1v) is 5.58. The van der Waals surface area contributed by atoms with Crippen LogP contribution in [0.5, 0.6) is 5.75 Å². The number of ether oxygens (including phenoxy) is 1. The van der Waals surface area contributed by atoms with Crippen LogP contribution in [0, 0.1) is 6.92 Å². The highest BCUT2D eigenvalue weighted by Crippen LogP contribution is 2.21. The Morgan fingerprint density at radius 2 is 2.00 bits per heavy atom. The third kappa shape index (κ3) is 2.98. The number of carboxylic acid groups (broad SMARTS) is 1. The minimum atomic E-state index is -1.07. The Hall–Kier alpha value is -2.63. The highest BCUT2D eigenvalue weighted by molar-refractivity contribution is 5.93. The van der Waals surface area contributed by atoms with Gasteiger partial charge in [-0.3, -0.25) is 0 Å². The molecule has 0 aliphatic rings. The second-order valence-corrected chi connectivity index (χ2v) is 3.84. The second-order valence-electron chi connectivity index (χ2n) is 3.84. The van der Waals surface area contributed by atoms with Crippen molar-refractivity contribution in [2.45, 2.75) is 6.92 Å². The zero-order chi connectivity index (χ0) is 13.8. The van der Waals surface area contributed by atoms with Crippen LogP contribution in [0.25, 0.3) is 0 Å². The first-order valence-electron chi connectivity index (χ1n) is 5.58. The number of rotatable bonds is 4. The monoisotopic (exact) mass is 259 g/mol. The molecule has 1 heterocycles. The molecule has 2 rings (SSSR count). The maximum absolute atomic E-state index is 11.1. The van der Waals surface area contributed by atoms with Crippen LogP contribution in [-0.2, 0) is 0 Å². The summed E-state index contributed by atoms with van der Waals surface area (Å²) in [5.74, 6) is 0.421. The highest BCUT2D eigenvalue weighted by atomic mass is 16.5. The summed E-state index contributed by atoms with van der Waals surface area (Å²) in [7, 11) is 1.58. The number of nitrogens with one attached hydrogen (secondary N) is 1. The summed E-state index contributed by atoms with van der Waals surface area (Å²) in [5, 5.41) is 12.0. The number of anilines is 2. The number of carboxylic acids is 1. The van der Waals surface area contributed by atoms with Crippen LogP contribution in [0.15, 0.2) is 30.5 Å². The molecule has 0 bridgehead atoms. The second kappa shape index (κ2) is 5.34. The molecule has 0 unspecified atom stereocenters. The Bertz CT molecular complexity index is 597. The SMILES string of the molecule is COc1ccc(Nc2nc(C)ncc2C(=O)O)cc1. The normalized spacial score (nSPS) is 10.0. The zero-order valence-electron chi connectivity index (χ0n) is 10.5. The van der Waals surface area contributed by atoms with E-state index in [0.717, 1.165) is 11.4 Å². The topological polar surface area (TPSA) is 84.3 Å². The number of aryl methyl sites for hydroxylation is 1. The quantitative estimate of drug-likeness (QED) is 0.875. The number of carbonyl (C=O) groups is 1. The fourth-order valence-corrected chi connectivity index (χ4v) is 1.53. The Labute approximate surface area is 110 Å². The standard InChI is InChI=1S/C13H13N3O3/c1-8-14-7-11(13(17)18)12(15-8)16-9-3-5-10(19-2)6-4-9/h3-7H,1-2H3,(H,17,18)(H,14,15,16). The largest absolute Gasteiger partial charge is 0.497 e. The minimum Gasteiger partial charge on any atom is -0.497 e. The first kappa shape index (κ1) is 12.8. The van der Waals surface area contributed by atoms with Gasteiger partial charge in [0.15, 0.2) is 0 Å². The fourth-order valence-electron chi connectivity index (χ4n) is 1.53. The van der Waals surface area contributed by atoms with Gasteiger partial charge in [0.2, 0.25) is 0 Å². The zero-order valence-corrected chi connectivity index (χ0v) is 10.5. The Morgan fingerprint density at radius 1 is 1.32 bits per heavy atom. The van der Waals surface area contributed by atoms with E-state index in [9.17, 15) is 4.79 Å². The van der Waals surface area contributed by atoms with E-state index < -0.39 is 5.97 Å². The van der Waals surface area contributed by atoms with Gasteiger partial charge in [-0.05, 0) is 31.2 Å². The van der Waals surface area contributed by atoms with Crippen LogP contribution in [0.3, 0.4) is 0 Å². The molecule has 6 nitrogen and oxygen atoms in total. The molecule has 0 aliphatic heterocycles. The summed E-state index contributed by atoms with van der Waals surface area (Å²) < 4.78 is 5.05. The summed E-state index contributed by atoms with van der Waals surface area (Å²) in [6.45, 7) is 1.70. The predicted octanol–water partition coefficient (Wildman–Crippen LogP) is 2.24. The maximum Gasteiger partial charge on any atom is 0.341 e. The van der Waals surface area contributed by atoms with Crippen molar-refractivity contribution in [2.75, 3.05) is 12.4 Å². The number of aromatic carboxylic acids is 1. The molecule has 0 aliphatic carbocycles. The molecule has 1 aromatic heterocycles. The van der Waals surface area contributed by atoms with Gasteiger partial charge < -0.3 is 15.2 Å². The average Bonchev–Trinajstić information content (AvgIpc) is 2.39. The molecule has 0 saturated heterocycles. The van der Waals surface area contributed by atoms with Crippen LogP contribution in [0.1, 0.15) is 16.2 Å². The Morgan fingerprint density at radius 3 is 2.58 bits per heavy atom. The number of hydrogen-bond donors (Lipinski definition) is 2. The lowest BCUT2D eigenvalue weighted by Crippen LogP contribution is -2.07. The molecule has 6 heteroatoms. The van der Waals surface area contributed by atoms with Crippen LogP contribution < -0.4 is 10.1 Å². The highest BCUT2D eigenvalue weighted by Gasteiger charge is 2.12. The molecule has 0 fully saturated rings. The molecule has 0 amide bonds. The lowest BCUT2D eigenvalue weighted by atomic mass is 10.2. The molecule has 1 aromatic carbocycles. The van der Waals surface area contributed by atoms with E-state index in [1.165, 1.54) is 6.20 Å². The van der Waals surface area contributed by atoms with Crippen molar-refractivity contribution in [3.05, 3.63) is 41.9 Å². The van der Waals surface area contributed by atoms with Gasteiger partial charge in [-0.1, -0.05) is 0 Å². The van der Waals surface area contributed by atoms with Crippen molar-refractivity contribution >= 4 is 17.5 Å². The number of aromatic nitrogens is 2. The van der Waals surface area contributed by atoms with Crippen molar-refractivity contribution < 1.29 is 14.6 Å². The molecule has 2 N–H and O–H groups in total. The lowest BCUT2D eigenvalue weighted by molar-refractivity contribution is 0.0697. The minimum absolute atomic E-state index is 0.0291. The molecule has 0 atom stereocenters. The molecular weight excluding hydrogens is 246 g/mol. The third-order valence-electron chi connectivity index (χ3n) is 2.49. The summed E-state index contributed by atoms with van der Waals surface area (Å²) in [6, 6.07) is 7.11.